The predicted molar refractivity (Wildman–Crippen MR) is 78.4 cm³/mol. The maximum atomic E-state index is 12.9. The number of likely N-dealkylation sites (N-methyl/N-ethyl adjacent to an activating group) is 1. The molecule has 0 radical (unpaired) electrons. The van der Waals surface area contributed by atoms with Crippen LogP contribution in [0.1, 0.15) is 17.2 Å². The summed E-state index contributed by atoms with van der Waals surface area (Å²) in [5, 5.41) is 4.56. The third kappa shape index (κ3) is 3.69. The quantitative estimate of drug-likeness (QED) is 0.867. The fraction of sp³-hybridized carbons (Fsp3) is 0.200. The molecule has 0 bridgehead atoms. The second kappa shape index (κ2) is 6.38. The third-order valence-electron chi connectivity index (χ3n) is 3.05. The van der Waals surface area contributed by atoms with Crippen molar-refractivity contribution >= 4 is 23.2 Å². The standard InChI is InChI=1S/C15H14Cl2FN/c1-19-15(10-2-5-13(18)6-3-10)9-11-8-12(16)4-7-14(11)17/h2-8,15,19H,9H2,1H3. The first kappa shape index (κ1) is 14.3. The Morgan fingerprint density at radius 2 is 1.79 bits per heavy atom. The average Bonchev–Trinajstić information content (AvgIpc) is 2.41. The lowest BCUT2D eigenvalue weighted by atomic mass is 9.99. The lowest BCUT2D eigenvalue weighted by Crippen LogP contribution is -2.19. The summed E-state index contributed by atoms with van der Waals surface area (Å²) < 4.78 is 12.9. The Kier molecular flexibility index (Phi) is 4.81. The topological polar surface area (TPSA) is 12.0 Å². The molecule has 2 rings (SSSR count). The zero-order valence-corrected chi connectivity index (χ0v) is 12.0. The monoisotopic (exact) mass is 297 g/mol. The van der Waals surface area contributed by atoms with E-state index in [-0.39, 0.29) is 11.9 Å². The Balaban J connectivity index is 2.23. The van der Waals surface area contributed by atoms with Gasteiger partial charge < -0.3 is 5.32 Å². The van der Waals surface area contributed by atoms with E-state index >= 15 is 0 Å². The summed E-state index contributed by atoms with van der Waals surface area (Å²) in [6.45, 7) is 0. The van der Waals surface area contributed by atoms with Crippen molar-refractivity contribution in [1.29, 1.82) is 0 Å². The molecule has 0 saturated carbocycles. The first-order chi connectivity index (χ1) is 9.10. The van der Waals surface area contributed by atoms with E-state index in [4.69, 9.17) is 23.2 Å². The average molecular weight is 298 g/mol. The van der Waals surface area contributed by atoms with Crippen LogP contribution in [-0.4, -0.2) is 7.05 Å². The summed E-state index contributed by atoms with van der Waals surface area (Å²) in [6, 6.07) is 11.9. The van der Waals surface area contributed by atoms with Gasteiger partial charge in [-0.25, -0.2) is 4.39 Å². The highest BCUT2D eigenvalue weighted by Crippen LogP contribution is 2.26. The number of hydrogen-bond donors (Lipinski definition) is 1. The Bertz CT molecular complexity index is 555. The van der Waals surface area contributed by atoms with Crippen molar-refractivity contribution in [3.8, 4) is 0 Å². The summed E-state index contributed by atoms with van der Waals surface area (Å²) in [7, 11) is 1.87. The summed E-state index contributed by atoms with van der Waals surface area (Å²) in [5.74, 6) is -0.237. The van der Waals surface area contributed by atoms with Gasteiger partial charge in [0.25, 0.3) is 0 Å². The second-order valence-electron chi connectivity index (χ2n) is 4.33. The van der Waals surface area contributed by atoms with Crippen molar-refractivity contribution in [2.75, 3.05) is 7.05 Å². The normalized spacial score (nSPS) is 12.4. The van der Waals surface area contributed by atoms with E-state index in [1.54, 1.807) is 24.3 Å². The molecule has 2 aromatic rings. The minimum absolute atomic E-state index is 0.0663. The molecule has 1 atom stereocenters. The van der Waals surface area contributed by atoms with E-state index in [2.05, 4.69) is 5.32 Å². The van der Waals surface area contributed by atoms with Gasteiger partial charge in [-0.15, -0.1) is 0 Å². The lowest BCUT2D eigenvalue weighted by molar-refractivity contribution is 0.586. The highest BCUT2D eigenvalue weighted by Gasteiger charge is 2.12. The second-order valence-corrected chi connectivity index (χ2v) is 5.18. The zero-order chi connectivity index (χ0) is 13.8. The van der Waals surface area contributed by atoms with Gasteiger partial charge in [0.1, 0.15) is 5.82 Å². The molecule has 0 aromatic heterocycles. The molecular weight excluding hydrogens is 284 g/mol. The van der Waals surface area contributed by atoms with Gasteiger partial charge in [-0.1, -0.05) is 35.3 Å². The van der Waals surface area contributed by atoms with Crippen LogP contribution >= 0.6 is 23.2 Å². The molecule has 2 aromatic carbocycles. The maximum Gasteiger partial charge on any atom is 0.123 e. The van der Waals surface area contributed by atoms with Crippen LogP contribution in [0.4, 0.5) is 4.39 Å². The highest BCUT2D eigenvalue weighted by atomic mass is 35.5. The number of nitrogens with one attached hydrogen (secondary N) is 1. The molecule has 0 spiro atoms. The number of rotatable bonds is 4. The predicted octanol–water partition coefficient (Wildman–Crippen LogP) is 4.64. The fourth-order valence-corrected chi connectivity index (χ4v) is 2.39. The van der Waals surface area contributed by atoms with E-state index in [0.29, 0.717) is 16.5 Å². The summed E-state index contributed by atoms with van der Waals surface area (Å²) >= 11 is 12.1. The number of hydrogen-bond acceptors (Lipinski definition) is 1. The van der Waals surface area contributed by atoms with Crippen LogP contribution in [0, 0.1) is 5.82 Å². The molecule has 0 heterocycles. The van der Waals surface area contributed by atoms with Gasteiger partial charge in [-0.3, -0.25) is 0 Å². The van der Waals surface area contributed by atoms with Crippen molar-refractivity contribution < 1.29 is 4.39 Å². The van der Waals surface area contributed by atoms with E-state index in [0.717, 1.165) is 11.1 Å². The van der Waals surface area contributed by atoms with Crippen LogP contribution in [0.3, 0.4) is 0 Å². The minimum atomic E-state index is -0.237. The first-order valence-electron chi connectivity index (χ1n) is 5.97. The Morgan fingerprint density at radius 3 is 2.42 bits per heavy atom. The highest BCUT2D eigenvalue weighted by molar-refractivity contribution is 6.33. The molecule has 0 amide bonds. The van der Waals surface area contributed by atoms with Crippen LogP contribution in [0.5, 0.6) is 0 Å². The van der Waals surface area contributed by atoms with Gasteiger partial charge in [-0.2, -0.15) is 0 Å². The van der Waals surface area contributed by atoms with Crippen molar-refractivity contribution in [3.05, 3.63) is 69.5 Å². The zero-order valence-electron chi connectivity index (χ0n) is 10.5. The SMILES string of the molecule is CNC(Cc1cc(Cl)ccc1Cl)c1ccc(F)cc1. The first-order valence-corrected chi connectivity index (χ1v) is 6.72. The van der Waals surface area contributed by atoms with Crippen LogP contribution in [-0.2, 0) is 6.42 Å². The van der Waals surface area contributed by atoms with Crippen LogP contribution < -0.4 is 5.32 Å². The van der Waals surface area contributed by atoms with Crippen LogP contribution in [0.25, 0.3) is 0 Å². The molecule has 0 fully saturated rings. The van der Waals surface area contributed by atoms with Crippen molar-refractivity contribution in [3.63, 3.8) is 0 Å². The molecule has 1 nitrogen and oxygen atoms in total. The Hall–Kier alpha value is -1.09. The molecule has 0 aliphatic heterocycles. The van der Waals surface area contributed by atoms with E-state index in [1.165, 1.54) is 12.1 Å². The molecule has 1 N–H and O–H groups in total. The Labute approximate surface area is 122 Å². The van der Waals surface area contributed by atoms with Crippen molar-refractivity contribution in [2.24, 2.45) is 0 Å². The van der Waals surface area contributed by atoms with Gasteiger partial charge in [0.2, 0.25) is 0 Å². The van der Waals surface area contributed by atoms with E-state index in [1.807, 2.05) is 13.1 Å². The molecule has 0 aliphatic carbocycles. The number of benzene rings is 2. The lowest BCUT2D eigenvalue weighted by Gasteiger charge is -2.17. The summed E-state index contributed by atoms with van der Waals surface area (Å²) in [5.41, 5.74) is 1.98. The Morgan fingerprint density at radius 1 is 1.11 bits per heavy atom. The van der Waals surface area contributed by atoms with Gasteiger partial charge in [0.05, 0.1) is 0 Å². The van der Waals surface area contributed by atoms with Gasteiger partial charge in [0, 0.05) is 16.1 Å². The van der Waals surface area contributed by atoms with E-state index < -0.39 is 0 Å². The molecule has 19 heavy (non-hydrogen) atoms. The molecular formula is C15H14Cl2FN. The third-order valence-corrected chi connectivity index (χ3v) is 3.66. The smallest absolute Gasteiger partial charge is 0.123 e. The van der Waals surface area contributed by atoms with Crippen LogP contribution in [0.15, 0.2) is 42.5 Å². The molecule has 0 aliphatic rings. The largest absolute Gasteiger partial charge is 0.313 e. The van der Waals surface area contributed by atoms with Crippen molar-refractivity contribution in [2.45, 2.75) is 12.5 Å². The van der Waals surface area contributed by atoms with Gasteiger partial charge in [0.15, 0.2) is 0 Å². The molecule has 1 unspecified atom stereocenters. The fourth-order valence-electron chi connectivity index (χ4n) is 2.00. The minimum Gasteiger partial charge on any atom is -0.313 e. The summed E-state index contributed by atoms with van der Waals surface area (Å²) in [4.78, 5) is 0. The van der Waals surface area contributed by atoms with Gasteiger partial charge in [-0.05, 0) is 54.9 Å². The van der Waals surface area contributed by atoms with Crippen molar-refractivity contribution in [1.82, 2.24) is 5.32 Å². The molecule has 100 valence electrons. The molecule has 0 saturated heterocycles. The van der Waals surface area contributed by atoms with Gasteiger partial charge >= 0.3 is 0 Å². The van der Waals surface area contributed by atoms with E-state index in [9.17, 15) is 4.39 Å². The number of halogens is 3. The maximum absolute atomic E-state index is 12.9. The molecule has 4 heteroatoms. The summed E-state index contributed by atoms with van der Waals surface area (Å²) in [6.07, 6.45) is 0.696. The van der Waals surface area contributed by atoms with Crippen LogP contribution in [0.2, 0.25) is 10.0 Å².